The van der Waals surface area contributed by atoms with Crippen LogP contribution in [0.1, 0.15) is 11.6 Å². The van der Waals surface area contributed by atoms with E-state index in [-0.39, 0.29) is 0 Å². The summed E-state index contributed by atoms with van der Waals surface area (Å²) >= 11 is 5.87. The first-order valence-corrected chi connectivity index (χ1v) is 5.93. The molecule has 0 saturated carbocycles. The number of benzene rings is 1. The average molecular weight is 252 g/mol. The predicted octanol–water partition coefficient (Wildman–Crippen LogP) is 2.20. The summed E-state index contributed by atoms with van der Waals surface area (Å²) in [6.07, 6.45) is 0.718. The number of halogens is 1. The first-order valence-electron chi connectivity index (χ1n) is 5.40. The SMILES string of the molecule is COCCc1nnc(CCl)n1-c1ccccc1. The van der Waals surface area contributed by atoms with Crippen LogP contribution in [0.2, 0.25) is 0 Å². The van der Waals surface area contributed by atoms with E-state index in [9.17, 15) is 0 Å². The van der Waals surface area contributed by atoms with E-state index >= 15 is 0 Å². The molecule has 0 aliphatic heterocycles. The molecule has 0 radical (unpaired) electrons. The first-order chi connectivity index (χ1) is 8.36. The first kappa shape index (κ1) is 12.1. The van der Waals surface area contributed by atoms with Crippen molar-refractivity contribution in [3.63, 3.8) is 0 Å². The molecule has 0 atom stereocenters. The van der Waals surface area contributed by atoms with Gasteiger partial charge >= 0.3 is 0 Å². The Kier molecular flexibility index (Phi) is 4.12. The molecule has 1 aromatic carbocycles. The van der Waals surface area contributed by atoms with Crippen LogP contribution in [0.15, 0.2) is 30.3 Å². The third-order valence-corrected chi connectivity index (χ3v) is 2.70. The van der Waals surface area contributed by atoms with Crippen LogP contribution < -0.4 is 0 Å². The summed E-state index contributed by atoms with van der Waals surface area (Å²) in [6, 6.07) is 9.95. The Morgan fingerprint density at radius 3 is 2.53 bits per heavy atom. The van der Waals surface area contributed by atoms with Crippen LogP contribution in [0.25, 0.3) is 5.69 Å². The molecule has 0 fully saturated rings. The minimum atomic E-state index is 0.342. The number of hydrogen-bond donors (Lipinski definition) is 0. The normalized spacial score (nSPS) is 10.7. The van der Waals surface area contributed by atoms with Gasteiger partial charge in [-0.05, 0) is 12.1 Å². The van der Waals surface area contributed by atoms with Gasteiger partial charge in [-0.3, -0.25) is 4.57 Å². The highest BCUT2D eigenvalue weighted by atomic mass is 35.5. The quantitative estimate of drug-likeness (QED) is 0.765. The molecule has 1 aromatic heterocycles. The summed E-state index contributed by atoms with van der Waals surface area (Å²) in [7, 11) is 1.67. The van der Waals surface area contributed by atoms with E-state index < -0.39 is 0 Å². The molecule has 0 spiro atoms. The van der Waals surface area contributed by atoms with Gasteiger partial charge in [-0.2, -0.15) is 0 Å². The van der Waals surface area contributed by atoms with Crippen molar-refractivity contribution in [2.75, 3.05) is 13.7 Å². The largest absolute Gasteiger partial charge is 0.384 e. The lowest BCUT2D eigenvalue weighted by Gasteiger charge is -2.08. The fourth-order valence-electron chi connectivity index (χ4n) is 1.67. The van der Waals surface area contributed by atoms with Crippen molar-refractivity contribution in [1.82, 2.24) is 14.8 Å². The van der Waals surface area contributed by atoms with Crippen molar-refractivity contribution >= 4 is 11.6 Å². The zero-order valence-corrected chi connectivity index (χ0v) is 10.4. The number of rotatable bonds is 5. The molecule has 0 saturated heterocycles. The van der Waals surface area contributed by atoms with Crippen LogP contribution in [-0.4, -0.2) is 28.5 Å². The summed E-state index contributed by atoms with van der Waals surface area (Å²) in [5.41, 5.74) is 1.03. The van der Waals surface area contributed by atoms with E-state index in [2.05, 4.69) is 10.2 Å². The van der Waals surface area contributed by atoms with Crippen LogP contribution in [0.5, 0.6) is 0 Å². The molecule has 4 nitrogen and oxygen atoms in total. The van der Waals surface area contributed by atoms with E-state index in [1.807, 2.05) is 34.9 Å². The monoisotopic (exact) mass is 251 g/mol. The molecule has 0 unspecified atom stereocenters. The average Bonchev–Trinajstić information content (AvgIpc) is 2.80. The molecule has 1 heterocycles. The highest BCUT2D eigenvalue weighted by Crippen LogP contribution is 2.14. The zero-order chi connectivity index (χ0) is 12.1. The van der Waals surface area contributed by atoms with Crippen LogP contribution in [0.4, 0.5) is 0 Å². The second kappa shape index (κ2) is 5.80. The Morgan fingerprint density at radius 1 is 1.18 bits per heavy atom. The summed E-state index contributed by atoms with van der Waals surface area (Å²) in [5.74, 6) is 1.96. The summed E-state index contributed by atoms with van der Waals surface area (Å²) < 4.78 is 7.04. The number of methoxy groups -OCH3 is 1. The molecule has 0 aliphatic carbocycles. The number of alkyl halides is 1. The Bertz CT molecular complexity index is 470. The Hall–Kier alpha value is -1.39. The Labute approximate surface area is 105 Å². The maximum atomic E-state index is 5.87. The highest BCUT2D eigenvalue weighted by Gasteiger charge is 2.12. The van der Waals surface area contributed by atoms with Crippen LogP contribution in [0.3, 0.4) is 0 Å². The van der Waals surface area contributed by atoms with Crippen molar-refractivity contribution in [2.45, 2.75) is 12.3 Å². The van der Waals surface area contributed by atoms with Crippen molar-refractivity contribution in [1.29, 1.82) is 0 Å². The second-order valence-electron chi connectivity index (χ2n) is 3.58. The molecular formula is C12H14ClN3O. The molecule has 2 aromatic rings. The zero-order valence-electron chi connectivity index (χ0n) is 9.64. The van der Waals surface area contributed by atoms with Crippen LogP contribution in [0, 0.1) is 0 Å². The summed E-state index contributed by atoms with van der Waals surface area (Å²) in [4.78, 5) is 0. The molecule has 2 rings (SSSR count). The van der Waals surface area contributed by atoms with Crippen molar-refractivity contribution < 1.29 is 4.74 Å². The molecule has 90 valence electrons. The number of ether oxygens (including phenoxy) is 1. The Balaban J connectivity index is 2.39. The van der Waals surface area contributed by atoms with E-state index in [4.69, 9.17) is 16.3 Å². The van der Waals surface area contributed by atoms with E-state index in [1.165, 1.54) is 0 Å². The fraction of sp³-hybridized carbons (Fsp3) is 0.333. The fourth-order valence-corrected chi connectivity index (χ4v) is 1.84. The van der Waals surface area contributed by atoms with Gasteiger partial charge in [0.2, 0.25) is 0 Å². The number of aromatic nitrogens is 3. The van der Waals surface area contributed by atoms with Gasteiger partial charge < -0.3 is 4.74 Å². The maximum Gasteiger partial charge on any atom is 0.152 e. The van der Waals surface area contributed by atoms with Gasteiger partial charge in [0, 0.05) is 19.2 Å². The number of hydrogen-bond acceptors (Lipinski definition) is 3. The van der Waals surface area contributed by atoms with Gasteiger partial charge in [0.15, 0.2) is 5.82 Å². The molecule has 17 heavy (non-hydrogen) atoms. The highest BCUT2D eigenvalue weighted by molar-refractivity contribution is 6.16. The minimum absolute atomic E-state index is 0.342. The summed E-state index contributed by atoms with van der Waals surface area (Å²) in [6.45, 7) is 0.618. The minimum Gasteiger partial charge on any atom is -0.384 e. The van der Waals surface area contributed by atoms with Crippen molar-refractivity contribution in [2.24, 2.45) is 0 Å². The standard InChI is InChI=1S/C12H14ClN3O/c1-17-8-7-11-14-15-12(9-13)16(11)10-5-3-2-4-6-10/h2-6H,7-9H2,1H3. The van der Waals surface area contributed by atoms with Gasteiger partial charge in [-0.15, -0.1) is 21.8 Å². The molecule has 0 amide bonds. The lowest BCUT2D eigenvalue weighted by atomic mass is 10.3. The van der Waals surface area contributed by atoms with Gasteiger partial charge in [-0.1, -0.05) is 18.2 Å². The van der Waals surface area contributed by atoms with Gasteiger partial charge in [0.1, 0.15) is 5.82 Å². The maximum absolute atomic E-state index is 5.87. The summed E-state index contributed by atoms with van der Waals surface area (Å²) in [5, 5.41) is 8.24. The number of nitrogens with zero attached hydrogens (tertiary/aromatic N) is 3. The third kappa shape index (κ3) is 2.65. The van der Waals surface area contributed by atoms with E-state index in [0.717, 1.165) is 23.8 Å². The lowest BCUT2D eigenvalue weighted by Crippen LogP contribution is -2.07. The predicted molar refractivity (Wildman–Crippen MR) is 66.5 cm³/mol. The van der Waals surface area contributed by atoms with Gasteiger partial charge in [0.05, 0.1) is 12.5 Å². The van der Waals surface area contributed by atoms with Gasteiger partial charge in [0.25, 0.3) is 0 Å². The second-order valence-corrected chi connectivity index (χ2v) is 3.85. The van der Waals surface area contributed by atoms with Crippen molar-refractivity contribution in [3.8, 4) is 5.69 Å². The smallest absolute Gasteiger partial charge is 0.152 e. The number of para-hydroxylation sites is 1. The molecule has 5 heteroatoms. The van der Waals surface area contributed by atoms with Crippen molar-refractivity contribution in [3.05, 3.63) is 42.0 Å². The molecule has 0 N–H and O–H groups in total. The van der Waals surface area contributed by atoms with E-state index in [1.54, 1.807) is 7.11 Å². The molecule has 0 bridgehead atoms. The topological polar surface area (TPSA) is 39.9 Å². The van der Waals surface area contributed by atoms with E-state index in [0.29, 0.717) is 12.5 Å². The molecular weight excluding hydrogens is 238 g/mol. The van der Waals surface area contributed by atoms with Crippen LogP contribution in [-0.2, 0) is 17.0 Å². The van der Waals surface area contributed by atoms with Gasteiger partial charge in [-0.25, -0.2) is 0 Å². The third-order valence-electron chi connectivity index (χ3n) is 2.46. The lowest BCUT2D eigenvalue weighted by molar-refractivity contribution is 0.200. The van der Waals surface area contributed by atoms with Crippen LogP contribution >= 0.6 is 11.6 Å². The molecule has 0 aliphatic rings. The Morgan fingerprint density at radius 2 is 1.88 bits per heavy atom.